The lowest BCUT2D eigenvalue weighted by Crippen LogP contribution is -2.36. The summed E-state index contributed by atoms with van der Waals surface area (Å²) in [5.41, 5.74) is 1.91. The fourth-order valence-corrected chi connectivity index (χ4v) is 1.88. The molecule has 0 aromatic carbocycles. The zero-order valence-electron chi connectivity index (χ0n) is 10.6. The number of aromatic nitrogens is 2. The van der Waals surface area contributed by atoms with E-state index in [1.54, 1.807) is 13.0 Å². The Hall–Kier alpha value is -1.96. The highest BCUT2D eigenvalue weighted by Crippen LogP contribution is 2.32. The molecule has 1 atom stereocenters. The number of nitrogens with one attached hydrogen (secondary N) is 1. The molecule has 0 spiro atoms. The van der Waals surface area contributed by atoms with Gasteiger partial charge in [-0.2, -0.15) is 15.5 Å². The van der Waals surface area contributed by atoms with E-state index in [0.29, 0.717) is 29.3 Å². The SMILES string of the molecule is CCc1nnc(C)cc1C(=O)NC(C#N)C1CC1. The molecule has 1 aliphatic carbocycles. The first-order chi connectivity index (χ1) is 8.65. The van der Waals surface area contributed by atoms with Crippen LogP contribution >= 0.6 is 0 Å². The Labute approximate surface area is 106 Å². The Morgan fingerprint density at radius 3 is 2.89 bits per heavy atom. The molecular formula is C13H16N4O. The monoisotopic (exact) mass is 244 g/mol. The first-order valence-corrected chi connectivity index (χ1v) is 6.19. The van der Waals surface area contributed by atoms with Crippen LogP contribution in [0.25, 0.3) is 0 Å². The molecule has 1 fully saturated rings. The molecule has 0 saturated heterocycles. The average Bonchev–Trinajstić information content (AvgIpc) is 3.19. The summed E-state index contributed by atoms with van der Waals surface area (Å²) in [6, 6.07) is 3.49. The third-order valence-corrected chi connectivity index (χ3v) is 3.09. The van der Waals surface area contributed by atoms with Crippen molar-refractivity contribution in [3.8, 4) is 6.07 Å². The average molecular weight is 244 g/mol. The normalized spacial score (nSPS) is 15.8. The molecule has 0 aliphatic heterocycles. The minimum absolute atomic E-state index is 0.219. The highest BCUT2D eigenvalue weighted by molar-refractivity contribution is 5.95. The molecule has 5 heteroatoms. The van der Waals surface area contributed by atoms with Crippen molar-refractivity contribution in [1.82, 2.24) is 15.5 Å². The van der Waals surface area contributed by atoms with Gasteiger partial charge in [0.15, 0.2) is 0 Å². The van der Waals surface area contributed by atoms with Crippen LogP contribution in [-0.2, 0) is 6.42 Å². The minimum atomic E-state index is -0.379. The van der Waals surface area contributed by atoms with E-state index in [0.717, 1.165) is 12.8 Å². The smallest absolute Gasteiger partial charge is 0.254 e. The molecule has 1 aliphatic rings. The molecule has 1 saturated carbocycles. The van der Waals surface area contributed by atoms with Crippen LogP contribution in [0.2, 0.25) is 0 Å². The number of amides is 1. The molecule has 1 N–H and O–H groups in total. The van der Waals surface area contributed by atoms with Crippen LogP contribution in [0, 0.1) is 24.2 Å². The second-order valence-electron chi connectivity index (χ2n) is 4.62. The minimum Gasteiger partial charge on any atom is -0.336 e. The Bertz CT molecular complexity index is 502. The Kier molecular flexibility index (Phi) is 3.56. The van der Waals surface area contributed by atoms with E-state index < -0.39 is 0 Å². The molecule has 1 amide bonds. The molecule has 0 radical (unpaired) electrons. The lowest BCUT2D eigenvalue weighted by molar-refractivity contribution is 0.0940. The zero-order chi connectivity index (χ0) is 13.1. The molecular weight excluding hydrogens is 228 g/mol. The number of hydrogen-bond acceptors (Lipinski definition) is 4. The summed E-state index contributed by atoms with van der Waals surface area (Å²) in [5, 5.41) is 19.8. The highest BCUT2D eigenvalue weighted by Gasteiger charge is 2.32. The third kappa shape index (κ3) is 2.65. The van der Waals surface area contributed by atoms with Gasteiger partial charge in [-0.25, -0.2) is 0 Å². The molecule has 2 rings (SSSR count). The number of nitriles is 1. The van der Waals surface area contributed by atoms with Crippen molar-refractivity contribution in [2.45, 2.75) is 39.2 Å². The fraction of sp³-hybridized carbons (Fsp3) is 0.538. The Morgan fingerprint density at radius 2 is 2.33 bits per heavy atom. The van der Waals surface area contributed by atoms with E-state index in [4.69, 9.17) is 5.26 Å². The number of rotatable bonds is 4. The van der Waals surface area contributed by atoms with Crippen LogP contribution in [0.5, 0.6) is 0 Å². The second kappa shape index (κ2) is 5.13. The third-order valence-electron chi connectivity index (χ3n) is 3.09. The molecule has 1 unspecified atom stereocenters. The van der Waals surface area contributed by atoms with Gasteiger partial charge in [0.05, 0.1) is 23.0 Å². The molecule has 94 valence electrons. The van der Waals surface area contributed by atoms with E-state index in [-0.39, 0.29) is 11.9 Å². The van der Waals surface area contributed by atoms with E-state index in [9.17, 15) is 4.79 Å². The van der Waals surface area contributed by atoms with Crippen molar-refractivity contribution in [1.29, 1.82) is 5.26 Å². The van der Waals surface area contributed by atoms with Crippen molar-refractivity contribution >= 4 is 5.91 Å². The predicted octanol–water partition coefficient (Wildman–Crippen LogP) is 1.38. The van der Waals surface area contributed by atoms with E-state index in [1.807, 2.05) is 6.92 Å². The van der Waals surface area contributed by atoms with Crippen LogP contribution < -0.4 is 5.32 Å². The predicted molar refractivity (Wildman–Crippen MR) is 65.7 cm³/mol. The standard InChI is InChI=1S/C13H16N4O/c1-3-11-10(6-8(2)16-17-11)13(18)15-12(7-14)9-4-5-9/h6,9,12H,3-5H2,1-2H3,(H,15,18). The van der Waals surface area contributed by atoms with Crippen LogP contribution in [0.3, 0.4) is 0 Å². The molecule has 1 heterocycles. The summed E-state index contributed by atoms with van der Waals surface area (Å²) >= 11 is 0. The maximum atomic E-state index is 12.1. The van der Waals surface area contributed by atoms with Crippen molar-refractivity contribution in [2.75, 3.05) is 0 Å². The van der Waals surface area contributed by atoms with Crippen molar-refractivity contribution in [2.24, 2.45) is 5.92 Å². The van der Waals surface area contributed by atoms with Gasteiger partial charge in [-0.1, -0.05) is 6.92 Å². The van der Waals surface area contributed by atoms with Gasteiger partial charge in [-0.05, 0) is 38.2 Å². The number of hydrogen-bond donors (Lipinski definition) is 1. The second-order valence-corrected chi connectivity index (χ2v) is 4.62. The maximum absolute atomic E-state index is 12.1. The molecule has 1 aromatic rings. The summed E-state index contributed by atoms with van der Waals surface area (Å²) in [5.74, 6) is 0.100. The van der Waals surface area contributed by atoms with Gasteiger partial charge < -0.3 is 5.32 Å². The first kappa shape index (κ1) is 12.5. The van der Waals surface area contributed by atoms with Gasteiger partial charge in [0.1, 0.15) is 6.04 Å². The van der Waals surface area contributed by atoms with Gasteiger partial charge in [-0.3, -0.25) is 4.79 Å². The number of carbonyl (C=O) groups is 1. The van der Waals surface area contributed by atoms with Crippen LogP contribution in [0.4, 0.5) is 0 Å². The van der Waals surface area contributed by atoms with Gasteiger partial charge in [-0.15, -0.1) is 0 Å². The van der Waals surface area contributed by atoms with E-state index in [2.05, 4.69) is 21.6 Å². The van der Waals surface area contributed by atoms with E-state index >= 15 is 0 Å². The van der Waals surface area contributed by atoms with Crippen LogP contribution in [-0.4, -0.2) is 22.1 Å². The molecule has 1 aromatic heterocycles. The summed E-state index contributed by atoms with van der Waals surface area (Å²) in [6.45, 7) is 3.73. The molecule has 0 bridgehead atoms. The van der Waals surface area contributed by atoms with Crippen molar-refractivity contribution < 1.29 is 4.79 Å². The lowest BCUT2D eigenvalue weighted by Gasteiger charge is -2.12. The Balaban J connectivity index is 2.17. The maximum Gasteiger partial charge on any atom is 0.254 e. The van der Waals surface area contributed by atoms with E-state index in [1.165, 1.54) is 0 Å². The first-order valence-electron chi connectivity index (χ1n) is 6.19. The van der Waals surface area contributed by atoms with Crippen molar-refractivity contribution in [3.63, 3.8) is 0 Å². The number of carbonyl (C=O) groups excluding carboxylic acids is 1. The fourth-order valence-electron chi connectivity index (χ4n) is 1.88. The van der Waals surface area contributed by atoms with Crippen LogP contribution in [0.1, 0.15) is 41.5 Å². The van der Waals surface area contributed by atoms with Crippen LogP contribution in [0.15, 0.2) is 6.07 Å². The van der Waals surface area contributed by atoms with Gasteiger partial charge >= 0.3 is 0 Å². The molecule has 5 nitrogen and oxygen atoms in total. The summed E-state index contributed by atoms with van der Waals surface area (Å²) in [6.07, 6.45) is 2.69. The van der Waals surface area contributed by atoms with Gasteiger partial charge in [0.25, 0.3) is 5.91 Å². The number of aryl methyl sites for hydroxylation is 2. The number of nitrogens with zero attached hydrogens (tertiary/aromatic N) is 3. The summed E-state index contributed by atoms with van der Waals surface area (Å²) < 4.78 is 0. The topological polar surface area (TPSA) is 78.7 Å². The summed E-state index contributed by atoms with van der Waals surface area (Å²) in [4.78, 5) is 12.1. The largest absolute Gasteiger partial charge is 0.336 e. The lowest BCUT2D eigenvalue weighted by atomic mass is 10.1. The molecule has 18 heavy (non-hydrogen) atoms. The van der Waals surface area contributed by atoms with Gasteiger partial charge in [0.2, 0.25) is 0 Å². The van der Waals surface area contributed by atoms with Crippen molar-refractivity contribution in [3.05, 3.63) is 23.0 Å². The highest BCUT2D eigenvalue weighted by atomic mass is 16.1. The zero-order valence-corrected chi connectivity index (χ0v) is 10.6. The Morgan fingerprint density at radius 1 is 1.61 bits per heavy atom. The summed E-state index contributed by atoms with van der Waals surface area (Å²) in [7, 11) is 0. The van der Waals surface area contributed by atoms with Gasteiger partial charge in [0, 0.05) is 0 Å². The quantitative estimate of drug-likeness (QED) is 0.867.